The monoisotopic (exact) mass is 312 g/mol. The van der Waals surface area contributed by atoms with Gasteiger partial charge in [-0.3, -0.25) is 0 Å². The van der Waals surface area contributed by atoms with Crippen LogP contribution in [0, 0.1) is 11.8 Å². The van der Waals surface area contributed by atoms with E-state index in [0.717, 1.165) is 24.9 Å². The quantitative estimate of drug-likeness (QED) is 0.329. The molecule has 0 amide bonds. The van der Waals surface area contributed by atoms with Crippen LogP contribution < -0.4 is 21.3 Å². The Morgan fingerprint density at radius 2 is 0.955 bits per heavy atom. The number of nitrogens with one attached hydrogen (secondary N) is 4. The number of rotatable bonds is 16. The van der Waals surface area contributed by atoms with Gasteiger partial charge in [0.05, 0.1) is 0 Å². The molecule has 0 spiro atoms. The van der Waals surface area contributed by atoms with Crippen molar-refractivity contribution in [3.05, 3.63) is 0 Å². The van der Waals surface area contributed by atoms with Gasteiger partial charge in [0.2, 0.25) is 0 Å². The van der Waals surface area contributed by atoms with E-state index in [-0.39, 0.29) is 0 Å². The van der Waals surface area contributed by atoms with E-state index in [0.29, 0.717) is 0 Å². The summed E-state index contributed by atoms with van der Waals surface area (Å²) >= 11 is 0. The summed E-state index contributed by atoms with van der Waals surface area (Å²) in [6, 6.07) is 0. The van der Waals surface area contributed by atoms with Gasteiger partial charge >= 0.3 is 0 Å². The largest absolute Gasteiger partial charge is 0.317 e. The van der Waals surface area contributed by atoms with Gasteiger partial charge in [0.1, 0.15) is 0 Å². The first kappa shape index (κ1) is 19.9. The molecule has 0 bridgehead atoms. The molecule has 1 aliphatic rings. The van der Waals surface area contributed by atoms with Crippen molar-refractivity contribution in [2.45, 2.75) is 52.4 Å². The molecule has 0 aliphatic heterocycles. The van der Waals surface area contributed by atoms with Crippen LogP contribution >= 0.6 is 0 Å². The van der Waals surface area contributed by atoms with Gasteiger partial charge in [-0.05, 0) is 103 Å². The van der Waals surface area contributed by atoms with Gasteiger partial charge in [-0.1, -0.05) is 13.8 Å². The second kappa shape index (κ2) is 14.4. The lowest BCUT2D eigenvalue weighted by atomic mass is 9.73. The van der Waals surface area contributed by atoms with Gasteiger partial charge in [0, 0.05) is 0 Å². The molecule has 0 aromatic heterocycles. The molecule has 1 saturated carbocycles. The highest BCUT2D eigenvalue weighted by molar-refractivity contribution is 4.83. The molecule has 4 heteroatoms. The number of hydrogen-bond acceptors (Lipinski definition) is 4. The van der Waals surface area contributed by atoms with Gasteiger partial charge in [0.25, 0.3) is 0 Å². The number of unbranched alkanes of at least 4 members (excludes halogenated alkanes) is 2. The first-order valence-corrected chi connectivity index (χ1v) is 9.71. The average molecular weight is 313 g/mol. The van der Waals surface area contributed by atoms with Gasteiger partial charge in [-0.25, -0.2) is 0 Å². The lowest BCUT2D eigenvalue weighted by Crippen LogP contribution is -2.41. The second-order valence-corrected chi connectivity index (χ2v) is 6.63. The molecular weight excluding hydrogens is 272 g/mol. The van der Waals surface area contributed by atoms with Crippen molar-refractivity contribution >= 4 is 0 Å². The summed E-state index contributed by atoms with van der Waals surface area (Å²) in [6.07, 6.45) is 8.05. The first-order chi connectivity index (χ1) is 10.9. The molecule has 0 unspecified atom stereocenters. The Balaban J connectivity index is 1.84. The third-order valence-electron chi connectivity index (χ3n) is 4.80. The van der Waals surface area contributed by atoms with Crippen LogP contribution in [0.25, 0.3) is 0 Å². The SMILES string of the molecule is CCNCCCCNC[C@H]1CC[C@H]1CNCCCCNCC. The van der Waals surface area contributed by atoms with E-state index < -0.39 is 0 Å². The molecule has 22 heavy (non-hydrogen) atoms. The summed E-state index contributed by atoms with van der Waals surface area (Å²) in [6.45, 7) is 13.7. The van der Waals surface area contributed by atoms with Crippen molar-refractivity contribution in [3.63, 3.8) is 0 Å². The van der Waals surface area contributed by atoms with Crippen LogP contribution in [0.1, 0.15) is 52.4 Å². The summed E-state index contributed by atoms with van der Waals surface area (Å²) in [5, 5.41) is 14.1. The van der Waals surface area contributed by atoms with E-state index in [9.17, 15) is 0 Å². The van der Waals surface area contributed by atoms with Crippen molar-refractivity contribution < 1.29 is 0 Å². The van der Waals surface area contributed by atoms with Crippen LogP contribution in [0.2, 0.25) is 0 Å². The third-order valence-corrected chi connectivity index (χ3v) is 4.80. The maximum Gasteiger partial charge on any atom is -0.00174 e. The standard InChI is InChI=1S/C18H40N4/c1-3-19-11-5-7-13-21-15-17-9-10-18(17)16-22-14-8-6-12-20-4-2/h17-22H,3-16H2,1-2H3/t17-,18+. The highest BCUT2D eigenvalue weighted by Crippen LogP contribution is 2.33. The Kier molecular flexibility index (Phi) is 13.0. The zero-order valence-electron chi connectivity index (χ0n) is 15.1. The lowest BCUT2D eigenvalue weighted by molar-refractivity contribution is 0.167. The fourth-order valence-electron chi connectivity index (χ4n) is 3.10. The van der Waals surface area contributed by atoms with Crippen molar-refractivity contribution in [2.75, 3.05) is 52.4 Å². The average Bonchev–Trinajstić information content (AvgIpc) is 2.51. The predicted molar refractivity (Wildman–Crippen MR) is 97.5 cm³/mol. The molecular formula is C18H40N4. The smallest absolute Gasteiger partial charge is 0.00174 e. The minimum absolute atomic E-state index is 0.919. The van der Waals surface area contributed by atoms with E-state index in [1.165, 1.54) is 77.8 Å². The zero-order chi connectivity index (χ0) is 15.9. The van der Waals surface area contributed by atoms with Crippen LogP contribution in [-0.4, -0.2) is 52.4 Å². The topological polar surface area (TPSA) is 48.1 Å². The molecule has 1 rings (SSSR count). The Bertz CT molecular complexity index is 211. The van der Waals surface area contributed by atoms with E-state index in [1.807, 2.05) is 0 Å². The van der Waals surface area contributed by atoms with E-state index in [2.05, 4.69) is 35.1 Å². The van der Waals surface area contributed by atoms with Crippen molar-refractivity contribution in [3.8, 4) is 0 Å². The molecule has 132 valence electrons. The minimum Gasteiger partial charge on any atom is -0.317 e. The van der Waals surface area contributed by atoms with E-state index in [1.54, 1.807) is 0 Å². The fourth-order valence-corrected chi connectivity index (χ4v) is 3.10. The van der Waals surface area contributed by atoms with Gasteiger partial charge in [-0.15, -0.1) is 0 Å². The highest BCUT2D eigenvalue weighted by atomic mass is 14.9. The van der Waals surface area contributed by atoms with Crippen molar-refractivity contribution in [2.24, 2.45) is 11.8 Å². The van der Waals surface area contributed by atoms with Gasteiger partial charge in [-0.2, -0.15) is 0 Å². The Morgan fingerprint density at radius 3 is 1.27 bits per heavy atom. The predicted octanol–water partition coefficient (Wildman–Crippen LogP) is 1.97. The molecule has 0 aromatic carbocycles. The van der Waals surface area contributed by atoms with Gasteiger partial charge in [0.15, 0.2) is 0 Å². The molecule has 4 nitrogen and oxygen atoms in total. The Morgan fingerprint density at radius 1 is 0.591 bits per heavy atom. The molecule has 0 heterocycles. The number of hydrogen-bond donors (Lipinski definition) is 4. The fraction of sp³-hybridized carbons (Fsp3) is 1.00. The van der Waals surface area contributed by atoms with Crippen molar-refractivity contribution in [1.82, 2.24) is 21.3 Å². The summed E-state index contributed by atoms with van der Waals surface area (Å²) in [5.41, 5.74) is 0. The summed E-state index contributed by atoms with van der Waals surface area (Å²) in [7, 11) is 0. The van der Waals surface area contributed by atoms with Crippen molar-refractivity contribution in [1.29, 1.82) is 0 Å². The molecule has 0 aromatic rings. The molecule has 0 radical (unpaired) electrons. The van der Waals surface area contributed by atoms with Crippen LogP contribution in [0.5, 0.6) is 0 Å². The van der Waals surface area contributed by atoms with Crippen LogP contribution in [-0.2, 0) is 0 Å². The van der Waals surface area contributed by atoms with Crippen LogP contribution in [0.3, 0.4) is 0 Å². The summed E-state index contributed by atoms with van der Waals surface area (Å²) < 4.78 is 0. The molecule has 1 aliphatic carbocycles. The Labute approximate surface area is 138 Å². The zero-order valence-corrected chi connectivity index (χ0v) is 15.1. The van der Waals surface area contributed by atoms with Crippen LogP contribution in [0.15, 0.2) is 0 Å². The second-order valence-electron chi connectivity index (χ2n) is 6.63. The molecule has 1 fully saturated rings. The van der Waals surface area contributed by atoms with E-state index in [4.69, 9.17) is 0 Å². The van der Waals surface area contributed by atoms with E-state index >= 15 is 0 Å². The molecule has 2 atom stereocenters. The normalized spacial score (nSPS) is 21.0. The Hall–Kier alpha value is -0.160. The first-order valence-electron chi connectivity index (χ1n) is 9.71. The summed E-state index contributed by atoms with van der Waals surface area (Å²) in [4.78, 5) is 0. The third kappa shape index (κ3) is 9.78. The highest BCUT2D eigenvalue weighted by Gasteiger charge is 2.29. The maximum absolute atomic E-state index is 3.66. The lowest BCUT2D eigenvalue weighted by Gasteiger charge is -2.37. The molecule has 4 N–H and O–H groups in total. The summed E-state index contributed by atoms with van der Waals surface area (Å²) in [5.74, 6) is 1.84. The van der Waals surface area contributed by atoms with Gasteiger partial charge < -0.3 is 21.3 Å². The maximum atomic E-state index is 3.66. The molecule has 0 saturated heterocycles. The van der Waals surface area contributed by atoms with Crippen LogP contribution in [0.4, 0.5) is 0 Å². The minimum atomic E-state index is 0.919.